The molecule has 1 aliphatic rings. The third kappa shape index (κ3) is 4.71. The maximum Gasteiger partial charge on any atom is 0.269 e. The van der Waals surface area contributed by atoms with Crippen LogP contribution in [-0.4, -0.2) is 54.1 Å². The molecule has 1 saturated heterocycles. The van der Waals surface area contributed by atoms with Crippen molar-refractivity contribution in [2.24, 2.45) is 0 Å². The SMILES string of the molecule is O=[N+]([O-])c1ccc(-c2noc(COc3ccc(S(=O)(=O)N4CCOCC4)cc3)n2)cc1. The molecule has 12 heteroatoms. The van der Waals surface area contributed by atoms with Gasteiger partial charge in [-0.3, -0.25) is 10.1 Å². The molecule has 0 aliphatic carbocycles. The third-order valence-electron chi connectivity index (χ3n) is 4.60. The Morgan fingerprint density at radius 1 is 1.06 bits per heavy atom. The van der Waals surface area contributed by atoms with Crippen LogP contribution in [0.25, 0.3) is 11.4 Å². The highest BCUT2D eigenvalue weighted by atomic mass is 32.2. The number of morpholine rings is 1. The molecule has 1 fully saturated rings. The minimum Gasteiger partial charge on any atom is -0.484 e. The zero-order chi connectivity index (χ0) is 21.8. The number of aromatic nitrogens is 2. The molecule has 0 N–H and O–H groups in total. The third-order valence-corrected chi connectivity index (χ3v) is 6.51. The molecule has 0 spiro atoms. The van der Waals surface area contributed by atoms with Crippen LogP contribution < -0.4 is 4.74 Å². The van der Waals surface area contributed by atoms with E-state index in [1.54, 1.807) is 12.1 Å². The Bertz CT molecular complexity index is 1150. The fraction of sp³-hybridized carbons (Fsp3) is 0.263. The first-order chi connectivity index (χ1) is 14.9. The molecular weight excluding hydrogens is 428 g/mol. The molecule has 0 unspecified atom stereocenters. The molecule has 1 aromatic heterocycles. The second-order valence-corrected chi connectivity index (χ2v) is 8.53. The molecule has 0 amide bonds. The van der Waals surface area contributed by atoms with E-state index < -0.39 is 14.9 Å². The monoisotopic (exact) mass is 446 g/mol. The number of nitro groups is 1. The lowest BCUT2D eigenvalue weighted by atomic mass is 10.2. The Balaban J connectivity index is 1.38. The summed E-state index contributed by atoms with van der Waals surface area (Å²) in [6.45, 7) is 1.40. The van der Waals surface area contributed by atoms with Crippen LogP contribution in [0.4, 0.5) is 5.69 Å². The first kappa shape index (κ1) is 20.9. The lowest BCUT2D eigenvalue weighted by molar-refractivity contribution is -0.384. The van der Waals surface area contributed by atoms with Crippen molar-refractivity contribution in [3.63, 3.8) is 0 Å². The van der Waals surface area contributed by atoms with Gasteiger partial charge in [-0.1, -0.05) is 5.16 Å². The smallest absolute Gasteiger partial charge is 0.269 e. The highest BCUT2D eigenvalue weighted by Crippen LogP contribution is 2.22. The molecule has 0 bridgehead atoms. The first-order valence-electron chi connectivity index (χ1n) is 9.32. The van der Waals surface area contributed by atoms with Gasteiger partial charge in [0.15, 0.2) is 6.61 Å². The van der Waals surface area contributed by atoms with E-state index in [2.05, 4.69) is 10.1 Å². The van der Waals surface area contributed by atoms with Crippen molar-refractivity contribution < 1.29 is 27.3 Å². The van der Waals surface area contributed by atoms with E-state index in [0.717, 1.165) is 0 Å². The number of nitro benzene ring substituents is 1. The van der Waals surface area contributed by atoms with Crippen molar-refractivity contribution in [2.45, 2.75) is 11.5 Å². The number of ether oxygens (including phenoxy) is 2. The Hall–Kier alpha value is -3.35. The van der Waals surface area contributed by atoms with Gasteiger partial charge in [0.25, 0.3) is 11.6 Å². The largest absolute Gasteiger partial charge is 0.484 e. The van der Waals surface area contributed by atoms with E-state index in [-0.39, 0.29) is 28.9 Å². The lowest BCUT2D eigenvalue weighted by Gasteiger charge is -2.26. The van der Waals surface area contributed by atoms with E-state index in [9.17, 15) is 18.5 Å². The molecule has 4 rings (SSSR count). The lowest BCUT2D eigenvalue weighted by Crippen LogP contribution is -2.40. The minimum absolute atomic E-state index is 0.0183. The van der Waals surface area contributed by atoms with E-state index >= 15 is 0 Å². The van der Waals surface area contributed by atoms with Crippen LogP contribution in [0.15, 0.2) is 57.9 Å². The van der Waals surface area contributed by atoms with Crippen molar-refractivity contribution in [1.29, 1.82) is 0 Å². The summed E-state index contributed by atoms with van der Waals surface area (Å²) in [6, 6.07) is 11.8. The molecule has 2 aromatic carbocycles. The van der Waals surface area contributed by atoms with Crippen LogP contribution in [0.2, 0.25) is 0 Å². The molecular formula is C19H18N4O7S. The predicted molar refractivity (Wildman–Crippen MR) is 107 cm³/mol. The van der Waals surface area contributed by atoms with E-state index in [0.29, 0.717) is 37.6 Å². The topological polar surface area (TPSA) is 138 Å². The number of sulfonamides is 1. The van der Waals surface area contributed by atoms with Crippen molar-refractivity contribution in [3.05, 3.63) is 64.5 Å². The van der Waals surface area contributed by atoms with Gasteiger partial charge in [0.2, 0.25) is 15.8 Å². The maximum atomic E-state index is 12.6. The average molecular weight is 446 g/mol. The van der Waals surface area contributed by atoms with Gasteiger partial charge in [0, 0.05) is 30.8 Å². The highest BCUT2D eigenvalue weighted by molar-refractivity contribution is 7.89. The minimum atomic E-state index is -3.57. The van der Waals surface area contributed by atoms with E-state index in [4.69, 9.17) is 14.0 Å². The summed E-state index contributed by atoms with van der Waals surface area (Å²) in [5.41, 5.74) is 0.535. The van der Waals surface area contributed by atoms with Gasteiger partial charge in [-0.2, -0.15) is 9.29 Å². The van der Waals surface area contributed by atoms with Crippen LogP contribution in [0.5, 0.6) is 5.75 Å². The van der Waals surface area contributed by atoms with Crippen molar-refractivity contribution >= 4 is 15.7 Å². The van der Waals surface area contributed by atoms with Crippen LogP contribution in [0, 0.1) is 10.1 Å². The Kier molecular flexibility index (Phi) is 5.93. The summed E-state index contributed by atoms with van der Waals surface area (Å²) >= 11 is 0. The number of nitrogens with zero attached hydrogens (tertiary/aromatic N) is 4. The highest BCUT2D eigenvalue weighted by Gasteiger charge is 2.26. The standard InChI is InChI=1S/C19H18N4O7S/c24-23(25)15-3-1-14(2-4-15)19-20-18(30-21-19)13-29-16-5-7-17(8-6-16)31(26,27)22-9-11-28-12-10-22/h1-8H,9-13H2. The van der Waals surface area contributed by atoms with Crippen molar-refractivity contribution in [1.82, 2.24) is 14.4 Å². The number of hydrogen-bond acceptors (Lipinski definition) is 9. The van der Waals surface area contributed by atoms with Gasteiger partial charge in [0.05, 0.1) is 23.0 Å². The Labute approximate surface area is 177 Å². The summed E-state index contributed by atoms with van der Waals surface area (Å²) in [5.74, 6) is 0.926. The van der Waals surface area contributed by atoms with Gasteiger partial charge in [0.1, 0.15) is 5.75 Å². The zero-order valence-electron chi connectivity index (χ0n) is 16.2. The van der Waals surface area contributed by atoms with Crippen LogP contribution in [0.1, 0.15) is 5.89 Å². The van der Waals surface area contributed by atoms with Gasteiger partial charge in [-0.25, -0.2) is 8.42 Å². The fourth-order valence-electron chi connectivity index (χ4n) is 2.95. The van der Waals surface area contributed by atoms with Crippen molar-refractivity contribution in [2.75, 3.05) is 26.3 Å². The summed E-state index contributed by atoms with van der Waals surface area (Å²) < 4.78 is 42.6. The number of non-ortho nitro benzene ring substituents is 1. The normalized spacial score (nSPS) is 15.0. The molecule has 162 valence electrons. The Morgan fingerprint density at radius 2 is 1.74 bits per heavy atom. The molecule has 1 aliphatic heterocycles. The van der Waals surface area contributed by atoms with Crippen LogP contribution in [-0.2, 0) is 21.4 Å². The average Bonchev–Trinajstić information content (AvgIpc) is 3.28. The first-order valence-corrected chi connectivity index (χ1v) is 10.8. The quantitative estimate of drug-likeness (QED) is 0.395. The van der Waals surface area contributed by atoms with Crippen LogP contribution in [0.3, 0.4) is 0 Å². The summed E-state index contributed by atoms with van der Waals surface area (Å²) in [7, 11) is -3.57. The molecule has 31 heavy (non-hydrogen) atoms. The van der Waals surface area contributed by atoms with Gasteiger partial charge < -0.3 is 14.0 Å². The maximum absolute atomic E-state index is 12.6. The number of rotatable bonds is 7. The zero-order valence-corrected chi connectivity index (χ0v) is 17.0. The summed E-state index contributed by atoms with van der Waals surface area (Å²) in [4.78, 5) is 14.6. The molecule has 11 nitrogen and oxygen atoms in total. The van der Waals surface area contributed by atoms with E-state index in [1.807, 2.05) is 0 Å². The van der Waals surface area contributed by atoms with E-state index in [1.165, 1.54) is 40.7 Å². The predicted octanol–water partition coefficient (Wildman–Crippen LogP) is 2.24. The second-order valence-electron chi connectivity index (χ2n) is 6.59. The summed E-state index contributed by atoms with van der Waals surface area (Å²) in [5, 5.41) is 14.6. The molecule has 3 aromatic rings. The van der Waals surface area contributed by atoms with Gasteiger partial charge in [-0.05, 0) is 36.4 Å². The van der Waals surface area contributed by atoms with Gasteiger partial charge in [-0.15, -0.1) is 0 Å². The molecule has 0 radical (unpaired) electrons. The van der Waals surface area contributed by atoms with Gasteiger partial charge >= 0.3 is 0 Å². The summed E-state index contributed by atoms with van der Waals surface area (Å²) in [6.07, 6.45) is 0. The molecule has 0 atom stereocenters. The van der Waals surface area contributed by atoms with Crippen molar-refractivity contribution in [3.8, 4) is 17.1 Å². The second kappa shape index (κ2) is 8.79. The Morgan fingerprint density at radius 3 is 2.39 bits per heavy atom. The molecule has 2 heterocycles. The van der Waals surface area contributed by atoms with Crippen LogP contribution >= 0.6 is 0 Å². The molecule has 0 saturated carbocycles. The fourth-order valence-corrected chi connectivity index (χ4v) is 4.36. The number of hydrogen-bond donors (Lipinski definition) is 0. The number of benzene rings is 2.